The van der Waals surface area contributed by atoms with Crippen LogP contribution in [0.5, 0.6) is 5.88 Å². The van der Waals surface area contributed by atoms with E-state index >= 15 is 0 Å². The minimum atomic E-state index is 0.0323. The van der Waals surface area contributed by atoms with E-state index in [2.05, 4.69) is 22.2 Å². The molecule has 1 aliphatic heterocycles. The number of nitrogens with zero attached hydrogens (tertiary/aromatic N) is 2. The van der Waals surface area contributed by atoms with E-state index in [9.17, 15) is 0 Å². The van der Waals surface area contributed by atoms with Crippen LogP contribution in [-0.4, -0.2) is 29.2 Å². The zero-order chi connectivity index (χ0) is 13.1. The van der Waals surface area contributed by atoms with Crippen molar-refractivity contribution in [2.75, 3.05) is 18.5 Å². The van der Waals surface area contributed by atoms with E-state index in [4.69, 9.17) is 9.47 Å². The molecule has 2 fully saturated rings. The molecule has 0 spiro atoms. The molecule has 1 saturated heterocycles. The van der Waals surface area contributed by atoms with Crippen molar-refractivity contribution in [3.8, 4) is 5.88 Å². The molecule has 5 heteroatoms. The lowest BCUT2D eigenvalue weighted by atomic mass is 10.2. The van der Waals surface area contributed by atoms with Crippen LogP contribution in [0.4, 0.5) is 5.82 Å². The second-order valence-electron chi connectivity index (χ2n) is 5.22. The number of hydrogen-bond acceptors (Lipinski definition) is 5. The van der Waals surface area contributed by atoms with Gasteiger partial charge in [0.1, 0.15) is 11.9 Å². The fourth-order valence-electron chi connectivity index (χ4n) is 2.16. The minimum Gasteiger partial charge on any atom is -0.478 e. The van der Waals surface area contributed by atoms with Crippen molar-refractivity contribution in [3.05, 3.63) is 11.9 Å². The number of rotatable bonds is 6. The van der Waals surface area contributed by atoms with Crippen LogP contribution in [0.25, 0.3) is 0 Å². The maximum absolute atomic E-state index is 5.67. The Labute approximate surface area is 113 Å². The third-order valence-electron chi connectivity index (χ3n) is 3.32. The minimum absolute atomic E-state index is 0.0323. The Balaban J connectivity index is 1.79. The van der Waals surface area contributed by atoms with Crippen LogP contribution in [0.2, 0.25) is 0 Å². The highest BCUT2D eigenvalue weighted by Crippen LogP contribution is 2.30. The second-order valence-corrected chi connectivity index (χ2v) is 5.22. The van der Waals surface area contributed by atoms with E-state index in [-0.39, 0.29) is 6.10 Å². The Hall–Kier alpha value is -1.36. The fraction of sp³-hybridized carbons (Fsp3) is 0.714. The van der Waals surface area contributed by atoms with Crippen LogP contribution < -0.4 is 10.1 Å². The largest absolute Gasteiger partial charge is 0.478 e. The van der Waals surface area contributed by atoms with Gasteiger partial charge in [-0.25, -0.2) is 4.98 Å². The monoisotopic (exact) mass is 263 g/mol. The SMILES string of the molecule is CCCOc1cc(NC2CC2)nc(C2CCCO2)n1. The normalized spacial score (nSPS) is 22.5. The summed E-state index contributed by atoms with van der Waals surface area (Å²) < 4.78 is 11.3. The van der Waals surface area contributed by atoms with E-state index in [0.29, 0.717) is 18.5 Å². The van der Waals surface area contributed by atoms with Gasteiger partial charge in [-0.05, 0) is 32.1 Å². The smallest absolute Gasteiger partial charge is 0.218 e. The molecule has 1 saturated carbocycles. The first kappa shape index (κ1) is 12.7. The molecule has 2 heterocycles. The lowest BCUT2D eigenvalue weighted by molar-refractivity contribution is 0.104. The molecule has 0 aromatic carbocycles. The van der Waals surface area contributed by atoms with Gasteiger partial charge in [-0.3, -0.25) is 0 Å². The Morgan fingerprint density at radius 1 is 1.37 bits per heavy atom. The summed E-state index contributed by atoms with van der Waals surface area (Å²) >= 11 is 0. The molecule has 1 N–H and O–H groups in total. The number of nitrogens with one attached hydrogen (secondary N) is 1. The molecule has 19 heavy (non-hydrogen) atoms. The van der Waals surface area contributed by atoms with Gasteiger partial charge in [0.2, 0.25) is 5.88 Å². The molecule has 0 bridgehead atoms. The highest BCUT2D eigenvalue weighted by molar-refractivity contribution is 5.41. The van der Waals surface area contributed by atoms with Crippen molar-refractivity contribution in [1.82, 2.24) is 9.97 Å². The second kappa shape index (κ2) is 5.74. The van der Waals surface area contributed by atoms with Gasteiger partial charge >= 0.3 is 0 Å². The Bertz CT molecular complexity index is 429. The maximum Gasteiger partial charge on any atom is 0.218 e. The van der Waals surface area contributed by atoms with Gasteiger partial charge in [0.15, 0.2) is 5.82 Å². The molecule has 0 amide bonds. The summed E-state index contributed by atoms with van der Waals surface area (Å²) in [7, 11) is 0. The van der Waals surface area contributed by atoms with Crippen molar-refractivity contribution in [2.45, 2.75) is 51.2 Å². The maximum atomic E-state index is 5.67. The first-order chi connectivity index (χ1) is 9.35. The number of hydrogen-bond donors (Lipinski definition) is 1. The van der Waals surface area contributed by atoms with Crippen LogP contribution in [0.3, 0.4) is 0 Å². The van der Waals surface area contributed by atoms with Gasteiger partial charge in [-0.1, -0.05) is 6.92 Å². The lowest BCUT2D eigenvalue weighted by Gasteiger charge is -2.13. The summed E-state index contributed by atoms with van der Waals surface area (Å²) in [6.45, 7) is 3.58. The molecule has 2 aliphatic rings. The average molecular weight is 263 g/mol. The van der Waals surface area contributed by atoms with Gasteiger partial charge in [0.05, 0.1) is 6.61 Å². The van der Waals surface area contributed by atoms with Gasteiger partial charge < -0.3 is 14.8 Å². The first-order valence-corrected chi connectivity index (χ1v) is 7.25. The van der Waals surface area contributed by atoms with E-state index in [1.54, 1.807) is 0 Å². The molecule has 1 aliphatic carbocycles. The van der Waals surface area contributed by atoms with E-state index < -0.39 is 0 Å². The van der Waals surface area contributed by atoms with Crippen molar-refractivity contribution in [1.29, 1.82) is 0 Å². The summed E-state index contributed by atoms with van der Waals surface area (Å²) in [6, 6.07) is 2.47. The van der Waals surface area contributed by atoms with Crippen molar-refractivity contribution in [3.63, 3.8) is 0 Å². The van der Waals surface area contributed by atoms with Crippen LogP contribution in [-0.2, 0) is 4.74 Å². The molecular weight excluding hydrogens is 242 g/mol. The van der Waals surface area contributed by atoms with E-state index in [1.165, 1.54) is 12.8 Å². The predicted molar refractivity (Wildman–Crippen MR) is 72.4 cm³/mol. The first-order valence-electron chi connectivity index (χ1n) is 7.25. The zero-order valence-electron chi connectivity index (χ0n) is 11.4. The molecule has 104 valence electrons. The zero-order valence-corrected chi connectivity index (χ0v) is 11.4. The predicted octanol–water partition coefficient (Wildman–Crippen LogP) is 2.69. The van der Waals surface area contributed by atoms with E-state index in [1.807, 2.05) is 6.07 Å². The lowest BCUT2D eigenvalue weighted by Crippen LogP contribution is -2.10. The molecule has 1 aromatic rings. The summed E-state index contributed by atoms with van der Waals surface area (Å²) in [5.74, 6) is 2.29. The summed E-state index contributed by atoms with van der Waals surface area (Å²) in [6.07, 6.45) is 5.55. The van der Waals surface area contributed by atoms with Crippen molar-refractivity contribution < 1.29 is 9.47 Å². The summed E-state index contributed by atoms with van der Waals surface area (Å²) in [5, 5.41) is 3.41. The molecule has 3 rings (SSSR count). The van der Waals surface area contributed by atoms with Crippen molar-refractivity contribution >= 4 is 5.82 Å². The topological polar surface area (TPSA) is 56.3 Å². The van der Waals surface area contributed by atoms with Gasteiger partial charge in [-0.2, -0.15) is 4.98 Å². The number of anilines is 1. The van der Waals surface area contributed by atoms with Crippen LogP contribution in [0.1, 0.15) is 51.0 Å². The third kappa shape index (κ3) is 3.35. The fourth-order valence-corrected chi connectivity index (χ4v) is 2.16. The van der Waals surface area contributed by atoms with Crippen molar-refractivity contribution in [2.24, 2.45) is 0 Å². The van der Waals surface area contributed by atoms with Gasteiger partial charge in [-0.15, -0.1) is 0 Å². The molecular formula is C14H21N3O2. The summed E-state index contributed by atoms with van der Waals surface area (Å²) in [5.41, 5.74) is 0. The molecule has 1 atom stereocenters. The Morgan fingerprint density at radius 3 is 2.95 bits per heavy atom. The van der Waals surface area contributed by atoms with Crippen LogP contribution in [0, 0.1) is 0 Å². The summed E-state index contributed by atoms with van der Waals surface area (Å²) in [4.78, 5) is 9.06. The molecule has 5 nitrogen and oxygen atoms in total. The Morgan fingerprint density at radius 2 is 2.26 bits per heavy atom. The number of aromatic nitrogens is 2. The number of ether oxygens (including phenoxy) is 2. The van der Waals surface area contributed by atoms with Gasteiger partial charge in [0, 0.05) is 18.7 Å². The van der Waals surface area contributed by atoms with E-state index in [0.717, 1.165) is 37.5 Å². The highest BCUT2D eigenvalue weighted by Gasteiger charge is 2.25. The quantitative estimate of drug-likeness (QED) is 0.855. The molecule has 1 unspecified atom stereocenters. The van der Waals surface area contributed by atoms with Crippen LogP contribution in [0.15, 0.2) is 6.07 Å². The third-order valence-corrected chi connectivity index (χ3v) is 3.32. The van der Waals surface area contributed by atoms with Crippen LogP contribution >= 0.6 is 0 Å². The van der Waals surface area contributed by atoms with Gasteiger partial charge in [0.25, 0.3) is 0 Å². The molecule has 1 aromatic heterocycles. The highest BCUT2D eigenvalue weighted by atomic mass is 16.5. The Kier molecular flexibility index (Phi) is 3.82. The average Bonchev–Trinajstić information content (AvgIpc) is 3.07. The standard InChI is InChI=1S/C14H21N3O2/c1-2-7-19-13-9-12(15-10-5-6-10)16-14(17-13)11-4-3-8-18-11/h9-11H,2-8H2,1H3,(H,15,16,17). The molecule has 0 radical (unpaired) electrons.